The van der Waals surface area contributed by atoms with Crippen molar-refractivity contribution < 1.29 is 18.1 Å². The molecule has 4 aromatic rings. The fraction of sp³-hybridized carbons (Fsp3) is 0.333. The largest absolute Gasteiger partial charge is 0.587 e. The van der Waals surface area contributed by atoms with E-state index in [0.29, 0.717) is 29.3 Å². The van der Waals surface area contributed by atoms with Crippen molar-refractivity contribution in [1.82, 2.24) is 0 Å². The molecule has 0 saturated heterocycles. The quantitative estimate of drug-likeness (QED) is 0.271. The Labute approximate surface area is 206 Å². The van der Waals surface area contributed by atoms with Crippen molar-refractivity contribution in [3.8, 4) is 22.6 Å². The van der Waals surface area contributed by atoms with E-state index < -0.39 is 7.82 Å². The average Bonchev–Trinajstić information content (AvgIpc) is 2.97. The number of rotatable bonds is 3. The second kappa shape index (κ2) is 8.69. The molecule has 5 heteroatoms. The van der Waals surface area contributed by atoms with Gasteiger partial charge in [0.1, 0.15) is 11.5 Å². The van der Waals surface area contributed by atoms with E-state index in [2.05, 4.69) is 45.0 Å². The molecule has 0 aromatic heterocycles. The second-order valence-corrected chi connectivity index (χ2v) is 11.9. The Hall–Kier alpha value is -2.81. The molecule has 1 heterocycles. The molecular weight excluding hydrogens is 455 g/mol. The standard InChI is InChI=1S/C30H31O4P/c1-19(2)23-15-12-20(3)18-28(23)34-35(31)32-26-16-13-21-8-4-6-10-24(21)29(26)30-25-11-7-5-9-22(25)14-17-27(30)33-35/h4-11,13-14,16-17,19-20,23,28H,12,15,18H2,1-3H3/t20-,23+,28+/m1/s1. The van der Waals surface area contributed by atoms with E-state index in [-0.39, 0.29) is 6.10 Å². The second-order valence-electron chi connectivity index (χ2n) is 10.4. The molecule has 0 amide bonds. The average molecular weight is 487 g/mol. The fourth-order valence-electron chi connectivity index (χ4n) is 5.88. The summed E-state index contributed by atoms with van der Waals surface area (Å²) in [4.78, 5) is 0. The zero-order chi connectivity index (χ0) is 24.2. The van der Waals surface area contributed by atoms with Gasteiger partial charge in [-0.2, -0.15) is 0 Å². The maximum atomic E-state index is 14.3. The molecule has 4 nitrogen and oxygen atoms in total. The third-order valence-electron chi connectivity index (χ3n) is 7.68. The number of hydrogen-bond donors (Lipinski definition) is 0. The summed E-state index contributed by atoms with van der Waals surface area (Å²) < 4.78 is 33.2. The van der Waals surface area contributed by atoms with Crippen LogP contribution in [0.5, 0.6) is 11.5 Å². The highest BCUT2D eigenvalue weighted by molar-refractivity contribution is 7.49. The number of phosphoric acid groups is 1. The monoisotopic (exact) mass is 486 g/mol. The summed E-state index contributed by atoms with van der Waals surface area (Å²) in [6.07, 6.45) is 2.91. The molecule has 0 spiro atoms. The van der Waals surface area contributed by atoms with Gasteiger partial charge in [0, 0.05) is 11.1 Å². The molecule has 6 rings (SSSR count). The minimum absolute atomic E-state index is 0.171. The van der Waals surface area contributed by atoms with Crippen LogP contribution in [-0.2, 0) is 9.09 Å². The summed E-state index contributed by atoms with van der Waals surface area (Å²) in [5, 5.41) is 4.25. The summed E-state index contributed by atoms with van der Waals surface area (Å²) >= 11 is 0. The lowest BCUT2D eigenvalue weighted by molar-refractivity contribution is 0.0272. The van der Waals surface area contributed by atoms with Crippen molar-refractivity contribution >= 4 is 29.4 Å². The van der Waals surface area contributed by atoms with Gasteiger partial charge in [-0.15, -0.1) is 0 Å². The molecular formula is C30H31O4P. The van der Waals surface area contributed by atoms with E-state index in [1.165, 1.54) is 6.42 Å². The minimum atomic E-state index is -3.95. The van der Waals surface area contributed by atoms with Crippen LogP contribution in [0.25, 0.3) is 32.7 Å². The van der Waals surface area contributed by atoms with Gasteiger partial charge in [0.2, 0.25) is 0 Å². The van der Waals surface area contributed by atoms with Gasteiger partial charge >= 0.3 is 7.82 Å². The zero-order valence-corrected chi connectivity index (χ0v) is 21.3. The van der Waals surface area contributed by atoms with E-state index in [1.807, 2.05) is 48.5 Å². The molecule has 35 heavy (non-hydrogen) atoms. The Morgan fingerprint density at radius 1 is 0.800 bits per heavy atom. The van der Waals surface area contributed by atoms with E-state index in [1.54, 1.807) is 0 Å². The molecule has 4 aromatic carbocycles. The summed E-state index contributed by atoms with van der Waals surface area (Å²) in [5.41, 5.74) is 1.79. The predicted molar refractivity (Wildman–Crippen MR) is 142 cm³/mol. The van der Waals surface area contributed by atoms with E-state index >= 15 is 0 Å². The van der Waals surface area contributed by atoms with Crippen LogP contribution in [-0.4, -0.2) is 6.10 Å². The van der Waals surface area contributed by atoms with Crippen LogP contribution in [0.1, 0.15) is 40.0 Å². The lowest BCUT2D eigenvalue weighted by atomic mass is 9.75. The van der Waals surface area contributed by atoms with Gasteiger partial charge in [-0.1, -0.05) is 87.9 Å². The van der Waals surface area contributed by atoms with Crippen molar-refractivity contribution in [1.29, 1.82) is 0 Å². The molecule has 1 fully saturated rings. The van der Waals surface area contributed by atoms with Crippen LogP contribution in [0.4, 0.5) is 0 Å². The maximum absolute atomic E-state index is 14.3. The first-order valence-electron chi connectivity index (χ1n) is 12.6. The van der Waals surface area contributed by atoms with Crippen LogP contribution in [0.15, 0.2) is 72.8 Å². The van der Waals surface area contributed by atoms with Gasteiger partial charge in [0.25, 0.3) is 0 Å². The van der Waals surface area contributed by atoms with Crippen molar-refractivity contribution in [3.05, 3.63) is 72.8 Å². The van der Waals surface area contributed by atoms with E-state index in [9.17, 15) is 4.57 Å². The number of hydrogen-bond acceptors (Lipinski definition) is 4. The van der Waals surface area contributed by atoms with Gasteiger partial charge in [-0.25, -0.2) is 4.57 Å². The van der Waals surface area contributed by atoms with Crippen molar-refractivity contribution in [2.45, 2.75) is 46.1 Å². The molecule has 0 bridgehead atoms. The van der Waals surface area contributed by atoms with E-state index in [4.69, 9.17) is 13.6 Å². The number of benzene rings is 4. The lowest BCUT2D eigenvalue weighted by Crippen LogP contribution is -2.34. The molecule has 180 valence electrons. The number of phosphoric ester groups is 1. The van der Waals surface area contributed by atoms with Crippen molar-refractivity contribution in [2.75, 3.05) is 0 Å². The van der Waals surface area contributed by atoms with Gasteiger partial charge in [0.05, 0.1) is 6.10 Å². The van der Waals surface area contributed by atoms with E-state index in [0.717, 1.165) is 45.5 Å². The molecule has 3 atom stereocenters. The molecule has 0 radical (unpaired) electrons. The van der Waals surface area contributed by atoms with Crippen LogP contribution >= 0.6 is 7.82 Å². The van der Waals surface area contributed by atoms with Gasteiger partial charge < -0.3 is 9.05 Å². The SMILES string of the molecule is CC(C)[C@@H]1CC[C@@H](C)C[C@@H]1OP1(=O)Oc2ccc3ccccc3c2-c2c(ccc3ccccc23)O1. The molecule has 0 N–H and O–H groups in total. The highest BCUT2D eigenvalue weighted by atomic mass is 31.2. The van der Waals surface area contributed by atoms with Crippen LogP contribution in [0.3, 0.4) is 0 Å². The minimum Gasteiger partial charge on any atom is -0.394 e. The Bertz CT molecular complexity index is 1370. The molecule has 1 aliphatic heterocycles. The van der Waals surface area contributed by atoms with Crippen LogP contribution < -0.4 is 9.05 Å². The van der Waals surface area contributed by atoms with Gasteiger partial charge in [0.15, 0.2) is 0 Å². The van der Waals surface area contributed by atoms with Gasteiger partial charge in [-0.05, 0) is 64.3 Å². The predicted octanol–water partition coefficient (Wildman–Crippen LogP) is 9.02. The maximum Gasteiger partial charge on any atom is 0.587 e. The number of fused-ring (bicyclic) bond motifs is 7. The normalized spacial score (nSPS) is 23.3. The lowest BCUT2D eigenvalue weighted by Gasteiger charge is -2.37. The fourth-order valence-corrected chi connectivity index (χ4v) is 7.36. The molecule has 1 aliphatic carbocycles. The Morgan fingerprint density at radius 2 is 1.34 bits per heavy atom. The highest BCUT2D eigenvalue weighted by Gasteiger charge is 2.43. The zero-order valence-electron chi connectivity index (χ0n) is 20.4. The molecule has 2 aliphatic rings. The van der Waals surface area contributed by atoms with Crippen LogP contribution in [0.2, 0.25) is 0 Å². The topological polar surface area (TPSA) is 44.8 Å². The Balaban J connectivity index is 1.54. The first-order chi connectivity index (χ1) is 16.9. The third-order valence-corrected chi connectivity index (χ3v) is 9.05. The first kappa shape index (κ1) is 22.6. The van der Waals surface area contributed by atoms with Crippen LogP contribution in [0, 0.1) is 17.8 Å². The Morgan fingerprint density at radius 3 is 1.89 bits per heavy atom. The van der Waals surface area contributed by atoms with Gasteiger partial charge in [-0.3, -0.25) is 4.52 Å². The summed E-state index contributed by atoms with van der Waals surface area (Å²) in [6.45, 7) is 6.66. The summed E-state index contributed by atoms with van der Waals surface area (Å²) in [7, 11) is -3.95. The summed E-state index contributed by atoms with van der Waals surface area (Å²) in [6, 6.07) is 24.2. The van der Waals surface area contributed by atoms with Crippen molar-refractivity contribution in [2.24, 2.45) is 17.8 Å². The third kappa shape index (κ3) is 4.03. The molecule has 0 unspecified atom stereocenters. The Kier molecular flexibility index (Phi) is 5.62. The smallest absolute Gasteiger partial charge is 0.394 e. The van der Waals surface area contributed by atoms with Crippen molar-refractivity contribution in [3.63, 3.8) is 0 Å². The first-order valence-corrected chi connectivity index (χ1v) is 14.1. The highest BCUT2D eigenvalue weighted by Crippen LogP contribution is 2.60. The summed E-state index contributed by atoms with van der Waals surface area (Å²) in [5.74, 6) is 2.33. The molecule has 1 saturated carbocycles.